The molecule has 0 radical (unpaired) electrons. The predicted molar refractivity (Wildman–Crippen MR) is 217 cm³/mol. The molecule has 0 N–H and O–H groups in total. The molecule has 2 heterocycles. The zero-order valence-electron chi connectivity index (χ0n) is 31.3. The van der Waals surface area contributed by atoms with Gasteiger partial charge in [-0.15, -0.1) is 11.3 Å². The average Bonchev–Trinajstić information content (AvgIpc) is 3.74. The minimum atomic E-state index is -2.22. The van der Waals surface area contributed by atoms with Crippen LogP contribution in [0.5, 0.6) is 0 Å². The number of nitrogens with zero attached hydrogens (tertiary/aromatic N) is 3. The van der Waals surface area contributed by atoms with Gasteiger partial charge < -0.3 is 0 Å². The molecule has 3 nitrogen and oxygen atoms in total. The van der Waals surface area contributed by atoms with Gasteiger partial charge in [0.1, 0.15) is 0 Å². The summed E-state index contributed by atoms with van der Waals surface area (Å²) in [5, 5.41) is 2.40. The van der Waals surface area contributed by atoms with Crippen LogP contribution in [0.15, 0.2) is 164 Å². The largest absolute Gasteiger partial charge is 0.208 e. The molecule has 0 spiro atoms. The maximum atomic E-state index is 8.59. The number of fused-ring (bicyclic) bond motifs is 6. The monoisotopic (exact) mass is 686 g/mol. The van der Waals surface area contributed by atoms with Gasteiger partial charge in [-0.1, -0.05) is 159 Å². The molecule has 0 aliphatic heterocycles. The van der Waals surface area contributed by atoms with Crippen LogP contribution in [0, 0.1) is 0 Å². The molecule has 0 amide bonds. The van der Waals surface area contributed by atoms with E-state index in [1.54, 1.807) is 11.3 Å². The van der Waals surface area contributed by atoms with E-state index in [9.17, 15) is 0 Å². The van der Waals surface area contributed by atoms with Crippen LogP contribution >= 0.6 is 11.3 Å². The van der Waals surface area contributed by atoms with Crippen molar-refractivity contribution in [1.29, 1.82) is 0 Å². The molecule has 10 rings (SSSR count). The molecule has 0 saturated carbocycles. The van der Waals surface area contributed by atoms with Crippen LogP contribution in [0.4, 0.5) is 0 Å². The Morgan fingerprint density at radius 3 is 1.87 bits per heavy atom. The lowest BCUT2D eigenvalue weighted by Gasteiger charge is -2.22. The Balaban J connectivity index is 1.11. The molecule has 1 aliphatic rings. The normalized spacial score (nSPS) is 15.9. The summed E-state index contributed by atoms with van der Waals surface area (Å²) in [4.78, 5) is 15.5. The summed E-state index contributed by atoms with van der Waals surface area (Å²) < 4.78 is 28.1. The minimum Gasteiger partial charge on any atom is -0.208 e. The van der Waals surface area contributed by atoms with Crippen molar-refractivity contribution in [3.8, 4) is 67.5 Å². The first-order valence-electron chi connectivity index (χ1n) is 18.9. The average molecular weight is 687 g/mol. The Labute approximate surface area is 311 Å². The number of thiophene rings is 1. The predicted octanol–water partition coefficient (Wildman–Crippen LogP) is 12.9. The topological polar surface area (TPSA) is 38.7 Å². The summed E-state index contributed by atoms with van der Waals surface area (Å²) in [5.74, 6) is 1.79. The van der Waals surface area contributed by atoms with Crippen LogP contribution < -0.4 is 0 Å². The lowest BCUT2D eigenvalue weighted by molar-refractivity contribution is 0.660. The molecule has 1 aliphatic carbocycles. The van der Waals surface area contributed by atoms with E-state index in [2.05, 4.69) is 97.1 Å². The minimum absolute atomic E-state index is 0.576. The summed E-state index contributed by atoms with van der Waals surface area (Å²) >= 11 is 1.76. The fraction of sp³-hybridized carbons (Fsp3) is 0.0625. The summed E-state index contributed by atoms with van der Waals surface area (Å²) in [7, 11) is 0. The van der Waals surface area contributed by atoms with Gasteiger partial charge in [-0.25, -0.2) is 15.0 Å². The highest BCUT2D eigenvalue weighted by atomic mass is 32.1. The van der Waals surface area contributed by atoms with E-state index < -0.39 is 12.3 Å². The third-order valence-electron chi connectivity index (χ3n) is 10.3. The van der Waals surface area contributed by atoms with Gasteiger partial charge in [-0.2, -0.15) is 0 Å². The van der Waals surface area contributed by atoms with Gasteiger partial charge in [-0.3, -0.25) is 0 Å². The molecule has 4 heteroatoms. The van der Waals surface area contributed by atoms with Crippen molar-refractivity contribution in [2.75, 3.05) is 0 Å². The van der Waals surface area contributed by atoms with E-state index in [0.29, 0.717) is 17.5 Å². The van der Waals surface area contributed by atoms with Crippen LogP contribution in [0.2, 0.25) is 0 Å². The Bertz CT molecular complexity index is 2930. The quantitative estimate of drug-likeness (QED) is 0.181. The molecule has 1 unspecified atom stereocenters. The molecule has 0 fully saturated rings. The highest BCUT2D eigenvalue weighted by Gasteiger charge is 2.35. The van der Waals surface area contributed by atoms with Crippen molar-refractivity contribution in [1.82, 2.24) is 15.0 Å². The van der Waals surface area contributed by atoms with Crippen LogP contribution in [0.3, 0.4) is 0 Å². The molecule has 52 heavy (non-hydrogen) atoms. The van der Waals surface area contributed by atoms with Crippen LogP contribution in [-0.4, -0.2) is 15.0 Å². The molecular formula is C48H33N3S. The SMILES string of the molecule is [2H]C([2H])([2H])C1(C)c2ccccc2-c2ccc(-c3ccc(-c4nc(-c5ccccc5-c5ccccc5)nc(-c5cccc6c5sc5ccccc56)n4)cc3)cc21. The van der Waals surface area contributed by atoms with Gasteiger partial charge in [0.05, 0.1) is 0 Å². The molecule has 246 valence electrons. The van der Waals surface area contributed by atoms with Gasteiger partial charge in [0.15, 0.2) is 17.5 Å². The number of hydrogen-bond acceptors (Lipinski definition) is 4. The zero-order valence-corrected chi connectivity index (χ0v) is 29.2. The fourth-order valence-corrected chi connectivity index (χ4v) is 8.91. The molecular weight excluding hydrogens is 651 g/mol. The summed E-state index contributed by atoms with van der Waals surface area (Å²) in [5.41, 5.74) is 9.35. The van der Waals surface area contributed by atoms with Crippen LogP contribution in [0.25, 0.3) is 87.7 Å². The standard InChI is InChI=1S/C48H33N3S/c1-48(2)41-21-10-8-16-35(41)36-28-27-33(29-42(36)48)30-23-25-32(26-24-30)45-49-46(39-18-7-6-15-34(39)31-13-4-3-5-14-31)51-47(50-45)40-20-12-19-38-37-17-9-11-22-43(37)52-44(38)40/h3-29H,1-2H3/i1D3. The second-order valence-corrected chi connectivity index (χ2v) is 14.6. The van der Waals surface area contributed by atoms with Gasteiger partial charge in [-0.05, 0) is 62.7 Å². The van der Waals surface area contributed by atoms with Crippen LogP contribution in [0.1, 0.15) is 29.0 Å². The highest BCUT2D eigenvalue weighted by Crippen LogP contribution is 2.49. The maximum Gasteiger partial charge on any atom is 0.165 e. The Morgan fingerprint density at radius 1 is 0.442 bits per heavy atom. The van der Waals surface area contributed by atoms with Gasteiger partial charge in [0.2, 0.25) is 0 Å². The number of benzene rings is 7. The van der Waals surface area contributed by atoms with Crippen molar-refractivity contribution in [3.05, 3.63) is 175 Å². The number of hydrogen-bond donors (Lipinski definition) is 0. The summed E-state index contributed by atoms with van der Waals surface area (Å²) in [6, 6.07) is 55.8. The van der Waals surface area contributed by atoms with Gasteiger partial charge in [0, 0.05) is 46.4 Å². The second kappa shape index (κ2) is 11.9. The number of rotatable bonds is 5. The van der Waals surface area contributed by atoms with Gasteiger partial charge in [0.25, 0.3) is 0 Å². The van der Waals surface area contributed by atoms with Gasteiger partial charge >= 0.3 is 0 Å². The first kappa shape index (κ1) is 27.5. The lowest BCUT2D eigenvalue weighted by atomic mass is 9.81. The summed E-state index contributed by atoms with van der Waals surface area (Å²) in [6.45, 7) is -0.368. The van der Waals surface area contributed by atoms with E-state index >= 15 is 0 Å². The summed E-state index contributed by atoms with van der Waals surface area (Å²) in [6.07, 6.45) is 0. The molecule has 9 aromatic rings. The van der Waals surface area contributed by atoms with Crippen molar-refractivity contribution < 1.29 is 4.11 Å². The smallest absolute Gasteiger partial charge is 0.165 e. The lowest BCUT2D eigenvalue weighted by Crippen LogP contribution is -2.14. The maximum absolute atomic E-state index is 8.59. The zero-order chi connectivity index (χ0) is 37.3. The highest BCUT2D eigenvalue weighted by molar-refractivity contribution is 7.26. The molecule has 1 atom stereocenters. The first-order valence-corrected chi connectivity index (χ1v) is 18.3. The molecule has 2 aromatic heterocycles. The Kier molecular flexibility index (Phi) is 6.31. The van der Waals surface area contributed by atoms with E-state index in [0.717, 1.165) is 65.9 Å². The Hall–Kier alpha value is -6.23. The van der Waals surface area contributed by atoms with E-state index in [1.165, 1.54) is 15.5 Å². The van der Waals surface area contributed by atoms with Crippen molar-refractivity contribution in [2.24, 2.45) is 0 Å². The van der Waals surface area contributed by atoms with E-state index in [-0.39, 0.29) is 0 Å². The van der Waals surface area contributed by atoms with E-state index in [1.807, 2.05) is 73.7 Å². The van der Waals surface area contributed by atoms with Crippen molar-refractivity contribution in [3.63, 3.8) is 0 Å². The molecule has 0 saturated heterocycles. The third-order valence-corrected chi connectivity index (χ3v) is 11.5. The van der Waals surface area contributed by atoms with Crippen molar-refractivity contribution in [2.45, 2.75) is 19.2 Å². The fourth-order valence-electron chi connectivity index (χ4n) is 7.70. The second-order valence-electron chi connectivity index (χ2n) is 13.5. The molecule has 0 bridgehead atoms. The Morgan fingerprint density at radius 2 is 1.04 bits per heavy atom. The molecule has 7 aromatic carbocycles. The third kappa shape index (κ3) is 4.90. The van der Waals surface area contributed by atoms with E-state index in [4.69, 9.17) is 19.1 Å². The first-order chi connectivity index (χ1) is 26.8. The van der Waals surface area contributed by atoms with Crippen LogP contribution in [-0.2, 0) is 5.41 Å². The van der Waals surface area contributed by atoms with Crippen molar-refractivity contribution >= 4 is 31.5 Å². The number of aromatic nitrogens is 3.